The van der Waals surface area contributed by atoms with Gasteiger partial charge in [-0.05, 0) is 24.6 Å². The third-order valence-corrected chi connectivity index (χ3v) is 4.80. The van der Waals surface area contributed by atoms with Crippen molar-refractivity contribution in [2.24, 2.45) is 0 Å². The second kappa shape index (κ2) is 8.22. The third-order valence-electron chi connectivity index (χ3n) is 4.80. The maximum atomic E-state index is 12.6. The lowest BCUT2D eigenvalue weighted by molar-refractivity contribution is -0.140. The van der Waals surface area contributed by atoms with Crippen molar-refractivity contribution in [1.29, 1.82) is 0 Å². The van der Waals surface area contributed by atoms with Crippen LogP contribution in [0.1, 0.15) is 28.9 Å². The van der Waals surface area contributed by atoms with Crippen LogP contribution in [0.4, 0.5) is 0 Å². The number of carboxylic acid groups (broad SMARTS) is 1. The van der Waals surface area contributed by atoms with E-state index in [4.69, 9.17) is 9.84 Å². The Morgan fingerprint density at radius 1 is 1.26 bits per heavy atom. The highest BCUT2D eigenvalue weighted by molar-refractivity contribution is 5.93. The van der Waals surface area contributed by atoms with Crippen molar-refractivity contribution >= 4 is 11.9 Å². The number of hydrogen-bond donors (Lipinski definition) is 1. The van der Waals surface area contributed by atoms with Crippen molar-refractivity contribution in [1.82, 2.24) is 19.6 Å². The fourth-order valence-electron chi connectivity index (χ4n) is 3.09. The van der Waals surface area contributed by atoms with Gasteiger partial charge in [-0.25, -0.2) is 4.79 Å². The minimum absolute atomic E-state index is 0.111. The number of piperazine rings is 1. The number of ether oxygens (including phenoxy) is 1. The van der Waals surface area contributed by atoms with E-state index in [-0.39, 0.29) is 5.91 Å². The van der Waals surface area contributed by atoms with Crippen LogP contribution in [0, 0.1) is 0 Å². The van der Waals surface area contributed by atoms with Crippen molar-refractivity contribution < 1.29 is 19.4 Å². The molecule has 1 amide bonds. The SMILES string of the molecule is COc1cccc(CN2CCN(C(=O)c3cnn(C(C)C(=O)O)c3)CC2)c1. The Morgan fingerprint density at radius 3 is 2.67 bits per heavy atom. The van der Waals surface area contributed by atoms with E-state index in [0.717, 1.165) is 25.4 Å². The molecule has 1 aromatic carbocycles. The zero-order chi connectivity index (χ0) is 19.4. The summed E-state index contributed by atoms with van der Waals surface area (Å²) in [5.74, 6) is -0.253. The monoisotopic (exact) mass is 372 g/mol. The van der Waals surface area contributed by atoms with Gasteiger partial charge in [-0.15, -0.1) is 0 Å². The maximum absolute atomic E-state index is 12.6. The molecule has 1 N–H and O–H groups in total. The van der Waals surface area contributed by atoms with Crippen LogP contribution in [-0.2, 0) is 11.3 Å². The lowest BCUT2D eigenvalue weighted by Gasteiger charge is -2.34. The summed E-state index contributed by atoms with van der Waals surface area (Å²) in [4.78, 5) is 27.8. The second-order valence-corrected chi connectivity index (χ2v) is 6.64. The zero-order valence-corrected chi connectivity index (χ0v) is 15.5. The Bertz CT molecular complexity index is 812. The van der Waals surface area contributed by atoms with Crippen LogP contribution in [-0.4, -0.2) is 69.9 Å². The van der Waals surface area contributed by atoms with E-state index < -0.39 is 12.0 Å². The Kier molecular flexibility index (Phi) is 5.75. The van der Waals surface area contributed by atoms with Gasteiger partial charge in [0.25, 0.3) is 5.91 Å². The smallest absolute Gasteiger partial charge is 0.328 e. The molecule has 1 aromatic heterocycles. The minimum Gasteiger partial charge on any atom is -0.497 e. The van der Waals surface area contributed by atoms with Crippen LogP contribution in [0.2, 0.25) is 0 Å². The summed E-state index contributed by atoms with van der Waals surface area (Å²) in [5.41, 5.74) is 1.60. The first-order chi connectivity index (χ1) is 13.0. The molecular formula is C19H24N4O4. The number of methoxy groups -OCH3 is 1. The van der Waals surface area contributed by atoms with Crippen molar-refractivity contribution in [3.63, 3.8) is 0 Å². The summed E-state index contributed by atoms with van der Waals surface area (Å²) in [6.07, 6.45) is 2.94. The van der Waals surface area contributed by atoms with Crippen LogP contribution in [0.15, 0.2) is 36.7 Å². The molecule has 1 aliphatic heterocycles. The van der Waals surface area contributed by atoms with Gasteiger partial charge in [0.2, 0.25) is 0 Å². The normalized spacial score (nSPS) is 16.1. The molecule has 0 saturated carbocycles. The van der Waals surface area contributed by atoms with Crippen molar-refractivity contribution in [2.75, 3.05) is 33.3 Å². The number of rotatable bonds is 6. The molecule has 1 saturated heterocycles. The number of aliphatic carboxylic acids is 1. The molecule has 3 rings (SSSR count). The van der Waals surface area contributed by atoms with Crippen LogP contribution in [0.25, 0.3) is 0 Å². The number of nitrogens with zero attached hydrogens (tertiary/aromatic N) is 4. The quantitative estimate of drug-likeness (QED) is 0.827. The summed E-state index contributed by atoms with van der Waals surface area (Å²) in [6.45, 7) is 5.16. The summed E-state index contributed by atoms with van der Waals surface area (Å²) in [7, 11) is 1.66. The number of benzene rings is 1. The second-order valence-electron chi connectivity index (χ2n) is 6.64. The van der Waals surface area contributed by atoms with Crippen molar-refractivity contribution in [3.8, 4) is 5.75 Å². The zero-order valence-electron chi connectivity index (χ0n) is 15.5. The summed E-state index contributed by atoms with van der Waals surface area (Å²) in [5, 5.41) is 13.1. The van der Waals surface area contributed by atoms with E-state index in [0.29, 0.717) is 18.7 Å². The van der Waals surface area contributed by atoms with Gasteiger partial charge in [0.1, 0.15) is 11.8 Å². The van der Waals surface area contributed by atoms with Gasteiger partial charge in [-0.3, -0.25) is 14.4 Å². The first kappa shape index (κ1) is 18.9. The van der Waals surface area contributed by atoms with Crippen molar-refractivity contribution in [2.45, 2.75) is 19.5 Å². The largest absolute Gasteiger partial charge is 0.497 e. The molecule has 8 nitrogen and oxygen atoms in total. The minimum atomic E-state index is -0.983. The molecule has 2 heterocycles. The number of carboxylic acids is 1. The molecule has 0 spiro atoms. The molecular weight excluding hydrogens is 348 g/mol. The van der Waals surface area contributed by atoms with Gasteiger partial charge in [0.15, 0.2) is 0 Å². The Morgan fingerprint density at radius 2 is 2.00 bits per heavy atom. The molecule has 0 bridgehead atoms. The summed E-state index contributed by atoms with van der Waals surface area (Å²) in [6, 6.07) is 7.19. The molecule has 1 unspecified atom stereocenters. The van der Waals surface area contributed by atoms with Crippen LogP contribution >= 0.6 is 0 Å². The van der Waals surface area contributed by atoms with Crippen LogP contribution in [0.5, 0.6) is 5.75 Å². The topological polar surface area (TPSA) is 87.9 Å². The van der Waals surface area contributed by atoms with E-state index in [1.807, 2.05) is 18.2 Å². The van der Waals surface area contributed by atoms with Crippen molar-refractivity contribution in [3.05, 3.63) is 47.8 Å². The van der Waals surface area contributed by atoms with Crippen LogP contribution in [0.3, 0.4) is 0 Å². The molecule has 144 valence electrons. The van der Waals surface area contributed by atoms with E-state index in [2.05, 4.69) is 16.1 Å². The first-order valence-electron chi connectivity index (χ1n) is 8.89. The first-order valence-corrected chi connectivity index (χ1v) is 8.89. The van der Waals surface area contributed by atoms with Gasteiger partial charge in [0, 0.05) is 38.9 Å². The van der Waals surface area contributed by atoms with Gasteiger partial charge in [0.05, 0.1) is 18.9 Å². The molecule has 27 heavy (non-hydrogen) atoms. The molecule has 2 aromatic rings. The standard InChI is InChI=1S/C19H24N4O4/c1-14(19(25)26)23-13-16(11-20-23)18(24)22-8-6-21(7-9-22)12-15-4-3-5-17(10-15)27-2/h3-5,10-11,13-14H,6-9,12H2,1-2H3,(H,25,26). The molecule has 8 heteroatoms. The Balaban J connectivity index is 1.55. The van der Waals surface area contributed by atoms with Gasteiger partial charge in [-0.2, -0.15) is 5.10 Å². The van der Waals surface area contributed by atoms with Gasteiger partial charge in [-0.1, -0.05) is 12.1 Å². The molecule has 0 aliphatic carbocycles. The predicted molar refractivity (Wildman–Crippen MR) is 98.7 cm³/mol. The molecule has 1 aliphatic rings. The number of carbonyl (C=O) groups is 2. The molecule has 1 atom stereocenters. The van der Waals surface area contributed by atoms with Crippen LogP contribution < -0.4 is 4.74 Å². The number of hydrogen-bond acceptors (Lipinski definition) is 5. The molecule has 1 fully saturated rings. The molecule has 0 radical (unpaired) electrons. The number of aromatic nitrogens is 2. The average molecular weight is 372 g/mol. The Labute approximate surface area is 157 Å². The third kappa shape index (κ3) is 4.46. The fourth-order valence-corrected chi connectivity index (χ4v) is 3.09. The van der Waals surface area contributed by atoms with Gasteiger partial charge >= 0.3 is 5.97 Å². The lowest BCUT2D eigenvalue weighted by atomic mass is 10.2. The van der Waals surface area contributed by atoms with E-state index in [1.165, 1.54) is 29.6 Å². The average Bonchev–Trinajstić information content (AvgIpc) is 3.17. The van der Waals surface area contributed by atoms with E-state index >= 15 is 0 Å². The lowest BCUT2D eigenvalue weighted by Crippen LogP contribution is -2.48. The van der Waals surface area contributed by atoms with E-state index in [9.17, 15) is 9.59 Å². The van der Waals surface area contributed by atoms with E-state index in [1.54, 1.807) is 12.0 Å². The highest BCUT2D eigenvalue weighted by Crippen LogP contribution is 2.16. The highest BCUT2D eigenvalue weighted by atomic mass is 16.5. The van der Waals surface area contributed by atoms with Gasteiger partial charge < -0.3 is 14.7 Å². The number of amides is 1. The maximum Gasteiger partial charge on any atom is 0.328 e. The Hall–Kier alpha value is -2.87. The number of carbonyl (C=O) groups excluding carboxylic acids is 1. The predicted octanol–water partition coefficient (Wildman–Crippen LogP) is 1.50. The highest BCUT2D eigenvalue weighted by Gasteiger charge is 2.24. The summed E-state index contributed by atoms with van der Waals surface area (Å²) >= 11 is 0. The fraction of sp³-hybridized carbons (Fsp3) is 0.421. The summed E-state index contributed by atoms with van der Waals surface area (Å²) < 4.78 is 6.56.